The van der Waals surface area contributed by atoms with Gasteiger partial charge < -0.3 is 19.7 Å². The molecule has 0 aliphatic carbocycles. The SMILES string of the molecule is COc1cccc(OCCN2CCN(C(=O)NCc3cscn3)CC2)c1. The van der Waals surface area contributed by atoms with Crippen LogP contribution in [0.5, 0.6) is 11.5 Å². The fourth-order valence-corrected chi connectivity index (χ4v) is 3.32. The molecule has 1 aromatic carbocycles. The Morgan fingerprint density at radius 3 is 2.81 bits per heavy atom. The molecule has 0 unspecified atom stereocenters. The van der Waals surface area contributed by atoms with Crippen molar-refractivity contribution in [3.8, 4) is 11.5 Å². The predicted molar refractivity (Wildman–Crippen MR) is 101 cm³/mol. The van der Waals surface area contributed by atoms with Crippen molar-refractivity contribution in [2.24, 2.45) is 0 Å². The number of nitrogens with zero attached hydrogens (tertiary/aromatic N) is 3. The lowest BCUT2D eigenvalue weighted by Crippen LogP contribution is -2.52. The third-order valence-corrected chi connectivity index (χ3v) is 4.92. The number of carbonyl (C=O) groups is 1. The van der Waals surface area contributed by atoms with E-state index in [2.05, 4.69) is 15.2 Å². The van der Waals surface area contributed by atoms with Crippen LogP contribution in [0.15, 0.2) is 35.2 Å². The molecule has 1 aliphatic heterocycles. The summed E-state index contributed by atoms with van der Waals surface area (Å²) >= 11 is 1.53. The van der Waals surface area contributed by atoms with E-state index >= 15 is 0 Å². The monoisotopic (exact) mass is 376 g/mol. The van der Waals surface area contributed by atoms with E-state index in [0.717, 1.165) is 49.9 Å². The highest BCUT2D eigenvalue weighted by atomic mass is 32.1. The number of nitrogens with one attached hydrogen (secondary N) is 1. The molecule has 1 fully saturated rings. The predicted octanol–water partition coefficient (Wildman–Crippen LogP) is 2.06. The third-order valence-electron chi connectivity index (χ3n) is 4.28. The van der Waals surface area contributed by atoms with E-state index in [0.29, 0.717) is 13.2 Å². The van der Waals surface area contributed by atoms with Gasteiger partial charge in [0.25, 0.3) is 0 Å². The van der Waals surface area contributed by atoms with Crippen LogP contribution in [-0.4, -0.2) is 67.3 Å². The minimum absolute atomic E-state index is 0.0229. The molecule has 140 valence electrons. The molecule has 26 heavy (non-hydrogen) atoms. The summed E-state index contributed by atoms with van der Waals surface area (Å²) in [5.41, 5.74) is 2.67. The summed E-state index contributed by atoms with van der Waals surface area (Å²) in [6, 6.07) is 7.59. The molecule has 0 radical (unpaired) electrons. The first-order chi connectivity index (χ1) is 12.7. The number of thiazole rings is 1. The molecule has 0 bridgehead atoms. The summed E-state index contributed by atoms with van der Waals surface area (Å²) in [4.78, 5) is 20.5. The lowest BCUT2D eigenvalue weighted by Gasteiger charge is -2.34. The van der Waals surface area contributed by atoms with Crippen molar-refractivity contribution in [2.75, 3.05) is 46.4 Å². The molecule has 1 saturated heterocycles. The molecule has 7 nitrogen and oxygen atoms in total. The van der Waals surface area contributed by atoms with Gasteiger partial charge in [0, 0.05) is 44.2 Å². The first kappa shape index (κ1) is 18.5. The molecular formula is C18H24N4O3S. The van der Waals surface area contributed by atoms with Crippen LogP contribution >= 0.6 is 11.3 Å². The fraction of sp³-hybridized carbons (Fsp3) is 0.444. The minimum atomic E-state index is -0.0229. The van der Waals surface area contributed by atoms with Gasteiger partial charge in [-0.1, -0.05) is 6.07 Å². The van der Waals surface area contributed by atoms with E-state index in [1.165, 1.54) is 11.3 Å². The average molecular weight is 376 g/mol. The first-order valence-electron chi connectivity index (χ1n) is 8.63. The molecule has 1 aromatic heterocycles. The van der Waals surface area contributed by atoms with Crippen molar-refractivity contribution in [3.05, 3.63) is 40.8 Å². The number of benzene rings is 1. The van der Waals surface area contributed by atoms with Gasteiger partial charge in [-0.2, -0.15) is 0 Å². The Morgan fingerprint density at radius 2 is 2.08 bits per heavy atom. The summed E-state index contributed by atoms with van der Waals surface area (Å²) in [7, 11) is 1.64. The molecular weight excluding hydrogens is 352 g/mol. The number of hydrogen-bond acceptors (Lipinski definition) is 6. The Balaban J connectivity index is 1.33. The van der Waals surface area contributed by atoms with Gasteiger partial charge >= 0.3 is 6.03 Å². The van der Waals surface area contributed by atoms with Crippen molar-refractivity contribution in [1.29, 1.82) is 0 Å². The number of amides is 2. The maximum Gasteiger partial charge on any atom is 0.317 e. The Hall–Kier alpha value is -2.32. The van der Waals surface area contributed by atoms with Gasteiger partial charge in [0.05, 0.1) is 24.9 Å². The number of urea groups is 1. The number of piperazine rings is 1. The van der Waals surface area contributed by atoms with Crippen molar-refractivity contribution >= 4 is 17.4 Å². The highest BCUT2D eigenvalue weighted by Gasteiger charge is 2.20. The Kier molecular flexibility index (Phi) is 6.68. The molecule has 0 spiro atoms. The molecule has 8 heteroatoms. The van der Waals surface area contributed by atoms with E-state index < -0.39 is 0 Å². The highest BCUT2D eigenvalue weighted by Crippen LogP contribution is 2.18. The zero-order valence-corrected chi connectivity index (χ0v) is 15.7. The molecule has 2 aromatic rings. The van der Waals surface area contributed by atoms with Crippen LogP contribution in [0, 0.1) is 0 Å². The third kappa shape index (κ3) is 5.34. The first-order valence-corrected chi connectivity index (χ1v) is 9.58. The topological polar surface area (TPSA) is 66.9 Å². The number of carbonyl (C=O) groups excluding carboxylic acids is 1. The highest BCUT2D eigenvalue weighted by molar-refractivity contribution is 7.07. The van der Waals surface area contributed by atoms with E-state index in [-0.39, 0.29) is 6.03 Å². The van der Waals surface area contributed by atoms with E-state index in [4.69, 9.17) is 9.47 Å². The number of ether oxygens (including phenoxy) is 2. The molecule has 1 aliphatic rings. The zero-order chi connectivity index (χ0) is 18.2. The Labute approximate surface area is 157 Å². The average Bonchev–Trinajstić information content (AvgIpc) is 3.20. The van der Waals surface area contributed by atoms with Crippen LogP contribution in [0.1, 0.15) is 5.69 Å². The van der Waals surface area contributed by atoms with Crippen LogP contribution < -0.4 is 14.8 Å². The van der Waals surface area contributed by atoms with Crippen molar-refractivity contribution in [1.82, 2.24) is 20.1 Å². The van der Waals surface area contributed by atoms with E-state index in [1.807, 2.05) is 34.5 Å². The molecule has 3 rings (SSSR count). The number of aromatic nitrogens is 1. The lowest BCUT2D eigenvalue weighted by atomic mass is 10.3. The Bertz CT molecular complexity index is 688. The van der Waals surface area contributed by atoms with Gasteiger partial charge in [-0.25, -0.2) is 9.78 Å². The normalized spacial score (nSPS) is 14.9. The van der Waals surface area contributed by atoms with E-state index in [9.17, 15) is 4.79 Å². The summed E-state index contributed by atoms with van der Waals surface area (Å²) in [5, 5.41) is 4.87. The van der Waals surface area contributed by atoms with Gasteiger partial charge in [0.1, 0.15) is 18.1 Å². The van der Waals surface area contributed by atoms with Crippen molar-refractivity contribution in [2.45, 2.75) is 6.54 Å². The summed E-state index contributed by atoms with van der Waals surface area (Å²) in [6.45, 7) is 5.09. The molecule has 1 N–H and O–H groups in total. The fourth-order valence-electron chi connectivity index (χ4n) is 2.76. The van der Waals surface area contributed by atoms with Gasteiger partial charge in [0.15, 0.2) is 0 Å². The minimum Gasteiger partial charge on any atom is -0.497 e. The molecule has 0 saturated carbocycles. The van der Waals surface area contributed by atoms with E-state index in [1.54, 1.807) is 12.6 Å². The number of rotatable bonds is 7. The van der Waals surface area contributed by atoms with Crippen LogP contribution in [0.4, 0.5) is 4.79 Å². The quantitative estimate of drug-likeness (QED) is 0.801. The van der Waals surface area contributed by atoms with Gasteiger partial charge in [-0.15, -0.1) is 11.3 Å². The summed E-state index contributed by atoms with van der Waals surface area (Å²) < 4.78 is 11.0. The summed E-state index contributed by atoms with van der Waals surface area (Å²) in [6.07, 6.45) is 0. The molecule has 2 amide bonds. The maximum absolute atomic E-state index is 12.2. The second kappa shape index (κ2) is 9.40. The molecule has 2 heterocycles. The second-order valence-electron chi connectivity index (χ2n) is 5.99. The van der Waals surface area contributed by atoms with Crippen molar-refractivity contribution in [3.63, 3.8) is 0 Å². The van der Waals surface area contributed by atoms with Crippen LogP contribution in [0.3, 0.4) is 0 Å². The Morgan fingerprint density at radius 1 is 1.27 bits per heavy atom. The van der Waals surface area contributed by atoms with Gasteiger partial charge in [0.2, 0.25) is 0 Å². The van der Waals surface area contributed by atoms with Gasteiger partial charge in [-0.05, 0) is 12.1 Å². The van der Waals surface area contributed by atoms with Crippen LogP contribution in [0.2, 0.25) is 0 Å². The van der Waals surface area contributed by atoms with Crippen LogP contribution in [-0.2, 0) is 6.54 Å². The lowest BCUT2D eigenvalue weighted by molar-refractivity contribution is 0.126. The van der Waals surface area contributed by atoms with Crippen molar-refractivity contribution < 1.29 is 14.3 Å². The smallest absolute Gasteiger partial charge is 0.317 e. The van der Waals surface area contributed by atoms with Crippen LogP contribution in [0.25, 0.3) is 0 Å². The summed E-state index contributed by atoms with van der Waals surface area (Å²) in [5.74, 6) is 1.60. The number of methoxy groups -OCH3 is 1. The van der Waals surface area contributed by atoms with Gasteiger partial charge in [-0.3, -0.25) is 4.90 Å². The number of hydrogen-bond donors (Lipinski definition) is 1. The maximum atomic E-state index is 12.2. The standard InChI is InChI=1S/C18H24N4O3S/c1-24-16-3-2-4-17(11-16)25-10-9-21-5-7-22(8-6-21)18(23)19-12-15-13-26-14-20-15/h2-4,11,13-14H,5-10,12H2,1H3,(H,19,23). The molecule has 0 atom stereocenters. The zero-order valence-electron chi connectivity index (χ0n) is 14.9. The second-order valence-corrected chi connectivity index (χ2v) is 6.71. The largest absolute Gasteiger partial charge is 0.497 e.